The molecule has 1 heterocycles. The average molecular weight is 230 g/mol. The van der Waals surface area contributed by atoms with Crippen LogP contribution < -0.4 is 0 Å². The minimum Gasteiger partial charge on any atom is -0.478 e. The van der Waals surface area contributed by atoms with Crippen LogP contribution in [0.4, 0.5) is 0 Å². The molecule has 0 aliphatic rings. The molecule has 0 radical (unpaired) electrons. The Morgan fingerprint density at radius 3 is 2.71 bits per heavy atom. The largest absolute Gasteiger partial charge is 0.478 e. The third-order valence-corrected chi connectivity index (χ3v) is 2.32. The number of aromatic nitrogens is 3. The zero-order valence-corrected chi connectivity index (χ0v) is 9.63. The van der Waals surface area contributed by atoms with E-state index in [2.05, 4.69) is 10.1 Å². The molecule has 0 fully saturated rings. The maximum Gasteiger partial charge on any atom is 0.213 e. The highest BCUT2D eigenvalue weighted by molar-refractivity contribution is 5.91. The van der Waals surface area contributed by atoms with Crippen LogP contribution >= 0.6 is 0 Å². The van der Waals surface area contributed by atoms with E-state index >= 15 is 0 Å². The Hall–Kier alpha value is -2.17. The van der Waals surface area contributed by atoms with Crippen molar-refractivity contribution in [2.75, 3.05) is 6.61 Å². The highest BCUT2D eigenvalue weighted by atomic mass is 16.5. The van der Waals surface area contributed by atoms with E-state index in [1.54, 1.807) is 11.0 Å². The first-order valence-corrected chi connectivity index (χ1v) is 5.42. The monoisotopic (exact) mass is 230 g/mol. The van der Waals surface area contributed by atoms with Gasteiger partial charge in [0.05, 0.1) is 13.2 Å². The molecule has 5 heteroatoms. The summed E-state index contributed by atoms with van der Waals surface area (Å²) in [5.74, 6) is 0.208. The zero-order chi connectivity index (χ0) is 12.1. The molecule has 1 aromatic heterocycles. The first-order chi connectivity index (χ1) is 8.29. The van der Waals surface area contributed by atoms with Crippen LogP contribution in [-0.4, -0.2) is 27.3 Å². The first kappa shape index (κ1) is 11.3. The number of rotatable bonds is 4. The Labute approximate surface area is 99.6 Å². The van der Waals surface area contributed by atoms with Crippen LogP contribution in [0.1, 0.15) is 18.1 Å². The van der Waals surface area contributed by atoms with Crippen LogP contribution in [-0.2, 0) is 11.3 Å². The van der Waals surface area contributed by atoms with E-state index in [1.807, 2.05) is 31.2 Å². The van der Waals surface area contributed by atoms with Crippen LogP contribution in [0.5, 0.6) is 0 Å². The Morgan fingerprint density at radius 1 is 1.35 bits per heavy atom. The van der Waals surface area contributed by atoms with Crippen molar-refractivity contribution >= 4 is 5.90 Å². The van der Waals surface area contributed by atoms with Crippen molar-refractivity contribution in [3.8, 4) is 0 Å². The number of hydrogen-bond donors (Lipinski definition) is 1. The highest BCUT2D eigenvalue weighted by Gasteiger charge is 2.02. The van der Waals surface area contributed by atoms with E-state index in [0.29, 0.717) is 13.2 Å². The smallest absolute Gasteiger partial charge is 0.213 e. The summed E-state index contributed by atoms with van der Waals surface area (Å²) >= 11 is 0. The molecule has 0 saturated heterocycles. The van der Waals surface area contributed by atoms with Crippen molar-refractivity contribution in [2.45, 2.75) is 13.5 Å². The van der Waals surface area contributed by atoms with Gasteiger partial charge in [-0.3, -0.25) is 5.41 Å². The lowest BCUT2D eigenvalue weighted by Gasteiger charge is -2.06. The summed E-state index contributed by atoms with van der Waals surface area (Å²) in [6.07, 6.45) is 3.19. The molecule has 17 heavy (non-hydrogen) atoms. The lowest BCUT2D eigenvalue weighted by Crippen LogP contribution is -2.05. The predicted molar refractivity (Wildman–Crippen MR) is 64.0 cm³/mol. The van der Waals surface area contributed by atoms with Crippen LogP contribution in [0.25, 0.3) is 0 Å². The summed E-state index contributed by atoms with van der Waals surface area (Å²) in [4.78, 5) is 3.89. The number of nitrogens with one attached hydrogen (secondary N) is 1. The van der Waals surface area contributed by atoms with Gasteiger partial charge in [0, 0.05) is 5.56 Å². The zero-order valence-electron chi connectivity index (χ0n) is 9.63. The van der Waals surface area contributed by atoms with Gasteiger partial charge in [-0.1, -0.05) is 12.1 Å². The molecule has 0 unspecified atom stereocenters. The predicted octanol–water partition coefficient (Wildman–Crippen LogP) is 1.69. The summed E-state index contributed by atoms with van der Waals surface area (Å²) in [6, 6.07) is 7.68. The normalized spacial score (nSPS) is 10.2. The maximum atomic E-state index is 7.65. The Morgan fingerprint density at radius 2 is 2.12 bits per heavy atom. The standard InChI is InChI=1S/C12H14N4O/c1-2-17-12(13)11-5-3-10(4-6-11)7-16-9-14-8-15-16/h3-6,8-9,13H,2,7H2,1H3. The summed E-state index contributed by atoms with van der Waals surface area (Å²) in [7, 11) is 0. The minimum atomic E-state index is 0.208. The Bertz CT molecular complexity index is 476. The Balaban J connectivity index is 2.05. The van der Waals surface area contributed by atoms with Crippen molar-refractivity contribution in [3.63, 3.8) is 0 Å². The van der Waals surface area contributed by atoms with Gasteiger partial charge in [-0.25, -0.2) is 9.67 Å². The van der Waals surface area contributed by atoms with Gasteiger partial charge < -0.3 is 4.74 Å². The number of nitrogens with zero attached hydrogens (tertiary/aromatic N) is 3. The summed E-state index contributed by atoms with van der Waals surface area (Å²) < 4.78 is 6.88. The average Bonchev–Trinajstić information content (AvgIpc) is 2.83. The lowest BCUT2D eigenvalue weighted by molar-refractivity contribution is 0.325. The molecule has 0 aliphatic heterocycles. The molecule has 2 aromatic rings. The fourth-order valence-corrected chi connectivity index (χ4v) is 1.49. The van der Waals surface area contributed by atoms with Gasteiger partial charge in [0.25, 0.3) is 0 Å². The maximum absolute atomic E-state index is 7.65. The van der Waals surface area contributed by atoms with E-state index in [0.717, 1.165) is 11.1 Å². The van der Waals surface area contributed by atoms with Gasteiger partial charge >= 0.3 is 0 Å². The number of hydrogen-bond acceptors (Lipinski definition) is 4. The van der Waals surface area contributed by atoms with Crippen molar-refractivity contribution in [1.29, 1.82) is 5.41 Å². The molecule has 2 rings (SSSR count). The third-order valence-electron chi connectivity index (χ3n) is 2.32. The molecule has 0 spiro atoms. The highest BCUT2D eigenvalue weighted by Crippen LogP contribution is 2.07. The molecule has 0 bridgehead atoms. The summed E-state index contributed by atoms with van der Waals surface area (Å²) in [6.45, 7) is 3.06. The molecular formula is C12H14N4O. The van der Waals surface area contributed by atoms with Crippen LogP contribution in [0.15, 0.2) is 36.9 Å². The van der Waals surface area contributed by atoms with E-state index in [9.17, 15) is 0 Å². The van der Waals surface area contributed by atoms with Crippen molar-refractivity contribution in [1.82, 2.24) is 14.8 Å². The topological polar surface area (TPSA) is 63.8 Å². The SMILES string of the molecule is CCOC(=N)c1ccc(Cn2cncn2)cc1. The number of ether oxygens (including phenoxy) is 1. The third kappa shape index (κ3) is 2.90. The van der Waals surface area contributed by atoms with Gasteiger partial charge in [0.2, 0.25) is 5.90 Å². The van der Waals surface area contributed by atoms with Crippen LogP contribution in [0, 0.1) is 5.41 Å². The van der Waals surface area contributed by atoms with Gasteiger partial charge in [0.15, 0.2) is 0 Å². The van der Waals surface area contributed by atoms with E-state index in [-0.39, 0.29) is 5.90 Å². The molecule has 1 aromatic carbocycles. The molecule has 0 atom stereocenters. The molecule has 0 saturated carbocycles. The second kappa shape index (κ2) is 5.25. The molecule has 88 valence electrons. The van der Waals surface area contributed by atoms with Crippen molar-refractivity contribution < 1.29 is 4.74 Å². The van der Waals surface area contributed by atoms with Crippen molar-refractivity contribution in [3.05, 3.63) is 48.0 Å². The van der Waals surface area contributed by atoms with Gasteiger partial charge in [-0.15, -0.1) is 0 Å². The van der Waals surface area contributed by atoms with E-state index in [4.69, 9.17) is 10.1 Å². The summed E-state index contributed by atoms with van der Waals surface area (Å²) in [5.41, 5.74) is 1.90. The van der Waals surface area contributed by atoms with E-state index in [1.165, 1.54) is 6.33 Å². The van der Waals surface area contributed by atoms with Gasteiger partial charge in [0.1, 0.15) is 12.7 Å². The fraction of sp³-hybridized carbons (Fsp3) is 0.250. The second-order valence-corrected chi connectivity index (χ2v) is 3.55. The number of benzene rings is 1. The van der Waals surface area contributed by atoms with Gasteiger partial charge in [-0.05, 0) is 24.6 Å². The quantitative estimate of drug-likeness (QED) is 0.642. The molecule has 5 nitrogen and oxygen atoms in total. The second-order valence-electron chi connectivity index (χ2n) is 3.55. The molecular weight excluding hydrogens is 216 g/mol. The van der Waals surface area contributed by atoms with Crippen molar-refractivity contribution in [2.24, 2.45) is 0 Å². The van der Waals surface area contributed by atoms with Gasteiger partial charge in [-0.2, -0.15) is 5.10 Å². The van der Waals surface area contributed by atoms with Crippen LogP contribution in [0.2, 0.25) is 0 Å². The molecule has 0 aliphatic carbocycles. The first-order valence-electron chi connectivity index (χ1n) is 5.42. The minimum absolute atomic E-state index is 0.208. The molecule has 0 amide bonds. The summed E-state index contributed by atoms with van der Waals surface area (Å²) in [5, 5.41) is 11.7. The molecule has 1 N–H and O–H groups in total. The van der Waals surface area contributed by atoms with Crippen LogP contribution in [0.3, 0.4) is 0 Å². The lowest BCUT2D eigenvalue weighted by atomic mass is 10.1. The Kier molecular flexibility index (Phi) is 3.49. The fourth-order valence-electron chi connectivity index (χ4n) is 1.49. The van der Waals surface area contributed by atoms with E-state index < -0.39 is 0 Å².